The second-order valence-corrected chi connectivity index (χ2v) is 11.4. The van der Waals surface area contributed by atoms with Crippen LogP contribution in [0.5, 0.6) is 11.5 Å². The SMILES string of the molecule is COc1cc(C(=O)NC[C@](O)(c2cc3c(c(-c4cccc(F)c4)n2)OCC3(C)C)C(F)(F)F)cc2cn(C3CC3)nc12. The lowest BCUT2D eigenvalue weighted by Crippen LogP contribution is -2.51. The number of ether oxygens (including phenoxy) is 2. The first-order chi connectivity index (χ1) is 19.8. The molecule has 0 spiro atoms. The predicted molar refractivity (Wildman–Crippen MR) is 145 cm³/mol. The van der Waals surface area contributed by atoms with Gasteiger partial charge in [0.2, 0.25) is 5.60 Å². The molecule has 1 saturated carbocycles. The summed E-state index contributed by atoms with van der Waals surface area (Å²) in [5.74, 6) is -0.952. The van der Waals surface area contributed by atoms with Gasteiger partial charge >= 0.3 is 6.18 Å². The van der Waals surface area contributed by atoms with Crippen molar-refractivity contribution < 1.29 is 36.9 Å². The fourth-order valence-electron chi connectivity index (χ4n) is 5.14. The molecule has 1 fully saturated rings. The van der Waals surface area contributed by atoms with E-state index in [0.717, 1.165) is 25.0 Å². The minimum absolute atomic E-state index is 0.0376. The number of hydrogen-bond acceptors (Lipinski definition) is 6. The fourth-order valence-corrected chi connectivity index (χ4v) is 5.14. The lowest BCUT2D eigenvalue weighted by molar-refractivity contribution is -0.265. The van der Waals surface area contributed by atoms with Crippen LogP contribution in [-0.2, 0) is 11.0 Å². The molecule has 0 bridgehead atoms. The van der Waals surface area contributed by atoms with E-state index in [0.29, 0.717) is 22.2 Å². The van der Waals surface area contributed by atoms with Crippen LogP contribution in [0.25, 0.3) is 22.2 Å². The number of alkyl halides is 3. The standard InChI is InChI=1S/C30H28F4N4O4/c1-28(2)15-42-26-21(28)12-23(36-25(26)16-5-4-6-19(31)10-16)29(40,30(32,33)34)14-35-27(39)17-9-18-13-38(20-7-8-20)37-24(18)22(11-17)41-3/h4-6,9-13,20,40H,7-8,14-15H2,1-3H3,(H,35,39)/t29-/m0/s1. The first-order valence-corrected chi connectivity index (χ1v) is 13.4. The minimum Gasteiger partial charge on any atom is -0.494 e. The van der Waals surface area contributed by atoms with Crippen LogP contribution in [0.4, 0.5) is 17.6 Å². The summed E-state index contributed by atoms with van der Waals surface area (Å²) in [6, 6.07) is 9.55. The molecular formula is C30H28F4N4O4. The molecule has 0 saturated heterocycles. The summed E-state index contributed by atoms with van der Waals surface area (Å²) in [6.07, 6.45) is -1.50. The molecule has 1 atom stereocenters. The van der Waals surface area contributed by atoms with E-state index >= 15 is 0 Å². The number of rotatable bonds is 7. The molecule has 1 aliphatic heterocycles. The Balaban J connectivity index is 1.37. The molecule has 2 N–H and O–H groups in total. The molecule has 0 unspecified atom stereocenters. The van der Waals surface area contributed by atoms with Crippen molar-refractivity contribution >= 4 is 16.8 Å². The molecule has 4 aromatic rings. The summed E-state index contributed by atoms with van der Waals surface area (Å²) < 4.78 is 71.0. The average molecular weight is 585 g/mol. The summed E-state index contributed by atoms with van der Waals surface area (Å²) in [7, 11) is 1.41. The Labute approximate surface area is 238 Å². The van der Waals surface area contributed by atoms with Crippen molar-refractivity contribution in [2.75, 3.05) is 20.3 Å². The maximum Gasteiger partial charge on any atom is 0.424 e. The van der Waals surface area contributed by atoms with Crippen LogP contribution in [0, 0.1) is 5.82 Å². The quantitative estimate of drug-likeness (QED) is 0.281. The first kappa shape index (κ1) is 28.0. The van der Waals surface area contributed by atoms with E-state index in [2.05, 4.69) is 15.4 Å². The van der Waals surface area contributed by atoms with E-state index in [1.165, 1.54) is 37.4 Å². The molecule has 2 aromatic carbocycles. The Kier molecular flexibility index (Phi) is 6.45. The second-order valence-electron chi connectivity index (χ2n) is 11.4. The zero-order valence-electron chi connectivity index (χ0n) is 23.1. The predicted octanol–water partition coefficient (Wildman–Crippen LogP) is 5.43. The molecule has 2 aromatic heterocycles. The number of carbonyl (C=O) groups excluding carboxylic acids is 1. The van der Waals surface area contributed by atoms with Gasteiger partial charge in [0.15, 0.2) is 0 Å². The molecule has 12 heteroatoms. The molecule has 3 heterocycles. The Bertz CT molecular complexity index is 1710. The third-order valence-electron chi connectivity index (χ3n) is 7.77. The fraction of sp³-hybridized carbons (Fsp3) is 0.367. The number of methoxy groups -OCH3 is 1. The summed E-state index contributed by atoms with van der Waals surface area (Å²) >= 11 is 0. The van der Waals surface area contributed by atoms with Crippen molar-refractivity contribution in [3.05, 3.63) is 71.3 Å². The van der Waals surface area contributed by atoms with Crippen LogP contribution in [0.3, 0.4) is 0 Å². The number of pyridine rings is 1. The maximum atomic E-state index is 14.6. The monoisotopic (exact) mass is 584 g/mol. The lowest BCUT2D eigenvalue weighted by atomic mass is 9.84. The number of aromatic nitrogens is 3. The number of carbonyl (C=O) groups is 1. The molecule has 1 amide bonds. The van der Waals surface area contributed by atoms with Crippen LogP contribution in [0.15, 0.2) is 48.7 Å². The van der Waals surface area contributed by atoms with Crippen molar-refractivity contribution in [3.8, 4) is 22.8 Å². The van der Waals surface area contributed by atoms with E-state index in [-0.39, 0.29) is 35.2 Å². The highest BCUT2D eigenvalue weighted by Crippen LogP contribution is 2.47. The van der Waals surface area contributed by atoms with Crippen LogP contribution < -0.4 is 14.8 Å². The van der Waals surface area contributed by atoms with Crippen molar-refractivity contribution in [3.63, 3.8) is 0 Å². The maximum absolute atomic E-state index is 14.6. The average Bonchev–Trinajstić information content (AvgIpc) is 3.63. The summed E-state index contributed by atoms with van der Waals surface area (Å²) in [6.45, 7) is 2.48. The molecular weight excluding hydrogens is 556 g/mol. The molecule has 0 radical (unpaired) electrons. The Morgan fingerprint density at radius 1 is 1.21 bits per heavy atom. The smallest absolute Gasteiger partial charge is 0.424 e. The highest BCUT2D eigenvalue weighted by Gasteiger charge is 2.57. The zero-order valence-corrected chi connectivity index (χ0v) is 23.1. The van der Waals surface area contributed by atoms with Gasteiger partial charge in [0.1, 0.15) is 28.5 Å². The number of benzene rings is 2. The third-order valence-corrected chi connectivity index (χ3v) is 7.77. The zero-order chi connectivity index (χ0) is 30.0. The molecule has 6 rings (SSSR count). The number of aliphatic hydroxyl groups is 1. The van der Waals surface area contributed by atoms with Gasteiger partial charge in [0.25, 0.3) is 5.91 Å². The summed E-state index contributed by atoms with van der Waals surface area (Å²) in [5, 5.41) is 18.6. The number of halogens is 4. The van der Waals surface area contributed by atoms with Gasteiger partial charge < -0.3 is 19.9 Å². The van der Waals surface area contributed by atoms with Crippen molar-refractivity contribution in [1.82, 2.24) is 20.1 Å². The minimum atomic E-state index is -5.24. The third kappa shape index (κ3) is 4.73. The normalized spacial score (nSPS) is 17.4. The van der Waals surface area contributed by atoms with E-state index in [1.54, 1.807) is 24.7 Å². The van der Waals surface area contributed by atoms with Crippen molar-refractivity contribution in [2.24, 2.45) is 0 Å². The molecule has 42 heavy (non-hydrogen) atoms. The van der Waals surface area contributed by atoms with Crippen LogP contribution in [0.1, 0.15) is 54.3 Å². The van der Waals surface area contributed by atoms with Gasteiger partial charge in [0.05, 0.1) is 32.0 Å². The number of nitrogens with one attached hydrogen (secondary N) is 1. The molecule has 2 aliphatic rings. The van der Waals surface area contributed by atoms with Gasteiger partial charge in [-0.25, -0.2) is 9.37 Å². The van der Waals surface area contributed by atoms with Gasteiger partial charge in [-0.1, -0.05) is 26.0 Å². The summed E-state index contributed by atoms with van der Waals surface area (Å²) in [5.41, 5.74) is -3.95. The van der Waals surface area contributed by atoms with E-state index < -0.39 is 41.2 Å². The lowest BCUT2D eigenvalue weighted by Gasteiger charge is -2.31. The van der Waals surface area contributed by atoms with Gasteiger partial charge in [0, 0.05) is 33.7 Å². The van der Waals surface area contributed by atoms with Crippen molar-refractivity contribution in [2.45, 2.75) is 49.9 Å². The highest BCUT2D eigenvalue weighted by atomic mass is 19.4. The second kappa shape index (κ2) is 9.69. The Morgan fingerprint density at radius 3 is 2.64 bits per heavy atom. The molecule has 220 valence electrons. The number of nitrogens with zero attached hydrogens (tertiary/aromatic N) is 3. The Morgan fingerprint density at radius 2 is 1.98 bits per heavy atom. The van der Waals surface area contributed by atoms with Gasteiger partial charge in [-0.15, -0.1) is 0 Å². The molecule has 1 aliphatic carbocycles. The van der Waals surface area contributed by atoms with Gasteiger partial charge in [-0.3, -0.25) is 9.48 Å². The molecule has 8 nitrogen and oxygen atoms in total. The number of hydrogen-bond donors (Lipinski definition) is 2. The van der Waals surface area contributed by atoms with E-state index in [1.807, 2.05) is 0 Å². The highest BCUT2D eigenvalue weighted by molar-refractivity contribution is 5.99. The van der Waals surface area contributed by atoms with Crippen LogP contribution in [-0.4, -0.2) is 52.2 Å². The van der Waals surface area contributed by atoms with Gasteiger partial charge in [-0.05, 0) is 43.2 Å². The number of fused-ring (bicyclic) bond motifs is 2. The topological polar surface area (TPSA) is 98.5 Å². The largest absolute Gasteiger partial charge is 0.494 e. The van der Waals surface area contributed by atoms with E-state index in [4.69, 9.17) is 9.47 Å². The van der Waals surface area contributed by atoms with E-state index in [9.17, 15) is 27.5 Å². The van der Waals surface area contributed by atoms with Crippen LogP contribution >= 0.6 is 0 Å². The summed E-state index contributed by atoms with van der Waals surface area (Å²) in [4.78, 5) is 17.3. The van der Waals surface area contributed by atoms with Crippen LogP contribution in [0.2, 0.25) is 0 Å². The Hall–Kier alpha value is -4.19. The number of amides is 1. The first-order valence-electron chi connectivity index (χ1n) is 13.4. The van der Waals surface area contributed by atoms with Gasteiger partial charge in [-0.2, -0.15) is 18.3 Å². The van der Waals surface area contributed by atoms with Crippen molar-refractivity contribution in [1.29, 1.82) is 0 Å².